The minimum Gasteiger partial charge on any atom is -0.479 e. The van der Waals surface area contributed by atoms with Crippen LogP contribution in [0.5, 0.6) is 0 Å². The minimum absolute atomic E-state index is 0.0684. The molecule has 0 bridgehead atoms. The summed E-state index contributed by atoms with van der Waals surface area (Å²) in [5.41, 5.74) is -0.604. The van der Waals surface area contributed by atoms with Crippen LogP contribution in [0.1, 0.15) is 57.6 Å². The first-order valence-corrected chi connectivity index (χ1v) is 15.5. The molecule has 0 spiro atoms. The molecule has 5 atom stereocenters. The van der Waals surface area contributed by atoms with E-state index in [0.717, 1.165) is 11.1 Å². The lowest BCUT2D eigenvalue weighted by molar-refractivity contribution is -0.146. The standard InChI is InChI=1S/C31H39ClN4O9/c1-30(2,3)45-28(41)33-23-17-43-11-6-4-5-9-19-13-31(19,27(39)40)34-25(37)24-12-20(15-36(24)26(23)38)44-29(42)35-14-18-8-7-10-22(32)21(18)16-35/h5,7-10,19-20,23-24H,4,6,11-17H2,1-3H3,(H,33,41)(H,34,37)(H,39,40)/b9-5-/t19-,20+,23-,24-,31+/m0/s1. The highest BCUT2D eigenvalue weighted by Gasteiger charge is 2.61. The first kappa shape index (κ1) is 32.6. The summed E-state index contributed by atoms with van der Waals surface area (Å²) in [6.07, 6.45) is 2.62. The molecule has 14 heteroatoms. The van der Waals surface area contributed by atoms with Gasteiger partial charge in [-0.15, -0.1) is 0 Å². The van der Waals surface area contributed by atoms with Gasteiger partial charge < -0.3 is 34.9 Å². The van der Waals surface area contributed by atoms with Gasteiger partial charge in [-0.1, -0.05) is 35.9 Å². The molecule has 1 saturated heterocycles. The molecule has 0 radical (unpaired) electrons. The van der Waals surface area contributed by atoms with Gasteiger partial charge in [0.05, 0.1) is 19.7 Å². The third-order valence-electron chi connectivity index (χ3n) is 8.34. The van der Waals surface area contributed by atoms with Crippen LogP contribution in [-0.4, -0.2) is 94.0 Å². The molecule has 4 aliphatic rings. The van der Waals surface area contributed by atoms with E-state index in [1.807, 2.05) is 12.1 Å². The van der Waals surface area contributed by atoms with Crippen molar-refractivity contribution >= 4 is 41.6 Å². The molecule has 1 saturated carbocycles. The highest BCUT2D eigenvalue weighted by atomic mass is 35.5. The van der Waals surface area contributed by atoms with Gasteiger partial charge in [-0.2, -0.15) is 0 Å². The Kier molecular flexibility index (Phi) is 9.31. The number of nitrogens with zero attached hydrogens (tertiary/aromatic N) is 2. The van der Waals surface area contributed by atoms with Crippen LogP contribution < -0.4 is 10.6 Å². The van der Waals surface area contributed by atoms with Crippen LogP contribution in [-0.2, 0) is 41.7 Å². The SMILES string of the molecule is CC(C)(C)OC(=O)N[C@H]1COCCC/C=C\[C@H]2C[C@@]2(C(=O)O)NC(=O)[C@@H]2C[C@@H](OC(=O)N3Cc4cccc(Cl)c4C3)CN2C1=O. The van der Waals surface area contributed by atoms with Gasteiger partial charge in [0.1, 0.15) is 29.3 Å². The van der Waals surface area contributed by atoms with Crippen molar-refractivity contribution in [2.45, 2.75) is 88.9 Å². The van der Waals surface area contributed by atoms with Crippen molar-refractivity contribution in [2.24, 2.45) is 5.92 Å². The Morgan fingerprint density at radius 1 is 1.20 bits per heavy atom. The molecule has 3 aliphatic heterocycles. The molecule has 0 aromatic heterocycles. The lowest BCUT2D eigenvalue weighted by Crippen LogP contribution is -2.57. The summed E-state index contributed by atoms with van der Waals surface area (Å²) in [5, 5.41) is 15.8. The van der Waals surface area contributed by atoms with Gasteiger partial charge in [0, 0.05) is 30.5 Å². The average Bonchev–Trinajstić information content (AvgIpc) is 3.27. The Morgan fingerprint density at radius 3 is 2.69 bits per heavy atom. The fourth-order valence-corrected chi connectivity index (χ4v) is 6.21. The number of amides is 4. The van der Waals surface area contributed by atoms with Crippen LogP contribution in [0.3, 0.4) is 0 Å². The molecule has 13 nitrogen and oxygen atoms in total. The van der Waals surface area contributed by atoms with Crippen molar-refractivity contribution in [3.8, 4) is 0 Å². The quantitative estimate of drug-likeness (QED) is 0.419. The van der Waals surface area contributed by atoms with Crippen molar-refractivity contribution < 1.29 is 43.3 Å². The average molecular weight is 647 g/mol. The van der Waals surface area contributed by atoms with E-state index in [9.17, 15) is 29.1 Å². The molecule has 5 rings (SSSR count). The number of hydrogen-bond acceptors (Lipinski definition) is 8. The number of rotatable bonds is 3. The molecule has 45 heavy (non-hydrogen) atoms. The maximum absolute atomic E-state index is 14.0. The van der Waals surface area contributed by atoms with E-state index in [4.69, 9.17) is 25.8 Å². The number of halogens is 1. The zero-order valence-corrected chi connectivity index (χ0v) is 26.3. The Bertz CT molecular complexity index is 1400. The van der Waals surface area contributed by atoms with Crippen molar-refractivity contribution in [3.05, 3.63) is 46.5 Å². The summed E-state index contributed by atoms with van der Waals surface area (Å²) in [6.45, 7) is 5.54. The first-order chi connectivity index (χ1) is 21.3. The van der Waals surface area contributed by atoms with Gasteiger partial charge in [-0.3, -0.25) is 14.5 Å². The van der Waals surface area contributed by atoms with Crippen molar-refractivity contribution in [1.29, 1.82) is 0 Å². The van der Waals surface area contributed by atoms with E-state index in [-0.39, 0.29) is 39.1 Å². The highest BCUT2D eigenvalue weighted by molar-refractivity contribution is 6.31. The molecule has 244 valence electrons. The molecule has 4 amide bonds. The van der Waals surface area contributed by atoms with Crippen LogP contribution in [0, 0.1) is 5.92 Å². The molecule has 3 N–H and O–H groups in total. The summed E-state index contributed by atoms with van der Waals surface area (Å²) >= 11 is 6.31. The maximum atomic E-state index is 14.0. The zero-order valence-electron chi connectivity index (χ0n) is 25.5. The number of allylic oxidation sites excluding steroid dienone is 1. The van der Waals surface area contributed by atoms with Gasteiger partial charge in [-0.05, 0) is 57.2 Å². The van der Waals surface area contributed by atoms with Crippen LogP contribution in [0.15, 0.2) is 30.4 Å². The van der Waals surface area contributed by atoms with E-state index in [0.29, 0.717) is 24.4 Å². The van der Waals surface area contributed by atoms with Gasteiger partial charge in [0.15, 0.2) is 0 Å². The van der Waals surface area contributed by atoms with E-state index < -0.39 is 65.2 Å². The summed E-state index contributed by atoms with van der Waals surface area (Å²) in [7, 11) is 0. The topological polar surface area (TPSA) is 164 Å². The number of carboxylic acids is 1. The van der Waals surface area contributed by atoms with Crippen LogP contribution >= 0.6 is 11.6 Å². The number of carbonyl (C=O) groups is 5. The summed E-state index contributed by atoms with van der Waals surface area (Å²) < 4.78 is 16.9. The third kappa shape index (κ3) is 7.36. The predicted octanol–water partition coefficient (Wildman–Crippen LogP) is 2.98. The number of ether oxygens (including phenoxy) is 3. The lowest BCUT2D eigenvalue weighted by Gasteiger charge is -2.30. The highest BCUT2D eigenvalue weighted by Crippen LogP contribution is 2.45. The Labute approximate surface area is 266 Å². The summed E-state index contributed by atoms with van der Waals surface area (Å²) in [6, 6.07) is 3.04. The first-order valence-electron chi connectivity index (χ1n) is 15.1. The summed E-state index contributed by atoms with van der Waals surface area (Å²) in [4.78, 5) is 68.6. The molecule has 1 aromatic carbocycles. The fourth-order valence-electron chi connectivity index (χ4n) is 5.96. The zero-order chi connectivity index (χ0) is 32.5. The number of aliphatic carboxylic acids is 1. The second-order valence-corrected chi connectivity index (χ2v) is 13.3. The Morgan fingerprint density at radius 2 is 1.98 bits per heavy atom. The normalized spacial score (nSPS) is 29.2. The Balaban J connectivity index is 1.37. The smallest absolute Gasteiger partial charge is 0.410 e. The van der Waals surface area contributed by atoms with Crippen molar-refractivity contribution in [3.63, 3.8) is 0 Å². The van der Waals surface area contributed by atoms with Crippen LogP contribution in [0.4, 0.5) is 9.59 Å². The summed E-state index contributed by atoms with van der Waals surface area (Å²) in [5.74, 6) is -2.92. The van der Waals surface area contributed by atoms with Gasteiger partial charge in [-0.25, -0.2) is 14.4 Å². The fraction of sp³-hybridized carbons (Fsp3) is 0.581. The minimum atomic E-state index is -1.50. The van der Waals surface area contributed by atoms with E-state index in [1.165, 1.54) is 9.80 Å². The molecule has 1 aromatic rings. The molecule has 2 fully saturated rings. The maximum Gasteiger partial charge on any atom is 0.410 e. The third-order valence-corrected chi connectivity index (χ3v) is 8.70. The van der Waals surface area contributed by atoms with E-state index in [2.05, 4.69) is 10.6 Å². The largest absolute Gasteiger partial charge is 0.479 e. The monoisotopic (exact) mass is 646 g/mol. The molecule has 0 unspecified atom stereocenters. The van der Waals surface area contributed by atoms with Gasteiger partial charge in [0.2, 0.25) is 11.8 Å². The number of alkyl carbamates (subject to hydrolysis) is 1. The van der Waals surface area contributed by atoms with Gasteiger partial charge in [0.25, 0.3) is 0 Å². The van der Waals surface area contributed by atoms with Crippen molar-refractivity contribution in [2.75, 3.05) is 19.8 Å². The van der Waals surface area contributed by atoms with Crippen LogP contribution in [0.2, 0.25) is 5.02 Å². The van der Waals surface area contributed by atoms with E-state index in [1.54, 1.807) is 39.0 Å². The molecule has 1 aliphatic carbocycles. The second-order valence-electron chi connectivity index (χ2n) is 12.9. The molecular weight excluding hydrogens is 608 g/mol. The molecule has 3 heterocycles. The number of nitrogens with one attached hydrogen (secondary N) is 2. The number of carbonyl (C=O) groups excluding carboxylic acids is 4. The predicted molar refractivity (Wildman–Crippen MR) is 160 cm³/mol. The van der Waals surface area contributed by atoms with Gasteiger partial charge >= 0.3 is 18.2 Å². The Hall–Kier alpha value is -3.84. The number of benzene rings is 1. The van der Waals surface area contributed by atoms with Crippen LogP contribution in [0.25, 0.3) is 0 Å². The second kappa shape index (κ2) is 12.9. The number of hydrogen-bond donors (Lipinski definition) is 3. The van der Waals surface area contributed by atoms with E-state index >= 15 is 0 Å². The van der Waals surface area contributed by atoms with Crippen molar-refractivity contribution in [1.82, 2.24) is 20.4 Å². The lowest BCUT2D eigenvalue weighted by atomic mass is 10.1. The molecular formula is C31H39ClN4O9. The number of fused-ring (bicyclic) bond motifs is 3. The number of carboxylic acid groups (broad SMARTS) is 1.